The standard InChI is InChI=1S/C32H21F28NO8/c1-18(33,24(38,39)40)29(53,54)67-22(36,27(47,48)49)31(57,58)69-23(37,28(50,51)52)32(59,60)68-21(35,26(44,45)46)30(55,56)66-20(34,25(41,42)43)15-64-12-13-65-19(14-61(62)63,16-8-4-2-5-9-16)17-10-6-3-7-11-17/h2-11H,12-15H2,1H3. The molecule has 0 saturated heterocycles. The zero-order valence-electron chi connectivity index (χ0n) is 32.4. The third-order valence-electron chi connectivity index (χ3n) is 8.51. The van der Waals surface area contributed by atoms with Crippen molar-refractivity contribution in [2.24, 2.45) is 0 Å². The van der Waals surface area contributed by atoms with Crippen molar-refractivity contribution in [2.45, 2.75) is 96.9 Å². The van der Waals surface area contributed by atoms with Gasteiger partial charge in [-0.3, -0.25) is 29.1 Å². The number of alkyl halides is 28. The molecule has 2 aromatic carbocycles. The first-order chi connectivity index (χ1) is 30.4. The lowest BCUT2D eigenvalue weighted by molar-refractivity contribution is -0.591. The molecule has 0 spiro atoms. The van der Waals surface area contributed by atoms with Crippen molar-refractivity contribution in [1.29, 1.82) is 0 Å². The molecule has 0 aliphatic carbocycles. The number of halogens is 28. The predicted octanol–water partition coefficient (Wildman–Crippen LogP) is 11.9. The Balaban J connectivity index is 2.65. The smallest absolute Gasteiger partial charge is 0.373 e. The minimum absolute atomic E-state index is 0.143. The fourth-order valence-corrected chi connectivity index (χ4v) is 4.84. The Morgan fingerprint density at radius 3 is 1.04 bits per heavy atom. The fraction of sp³-hybridized carbons (Fsp3) is 0.625. The number of benzene rings is 2. The molecule has 398 valence electrons. The van der Waals surface area contributed by atoms with Crippen molar-refractivity contribution >= 4 is 0 Å². The second-order valence-corrected chi connectivity index (χ2v) is 13.4. The van der Waals surface area contributed by atoms with Crippen LogP contribution < -0.4 is 0 Å². The molecular weight excluding hydrogens is 1060 g/mol. The summed E-state index contributed by atoms with van der Waals surface area (Å²) in [7, 11) is 0. The van der Waals surface area contributed by atoms with E-state index in [-0.39, 0.29) is 11.1 Å². The minimum atomic E-state index is -9.17. The SMILES string of the molecule is CC(F)(C(F)(F)F)C(F)(F)OC(F)(C(F)(F)F)C(F)(F)OC(F)(C(F)(F)F)C(F)(F)OC(F)(C(F)(F)F)C(F)(F)OC(F)(COCCOC(C[N+](=O)[O-])(c1ccccc1)c1ccccc1)C(F)(F)F. The highest BCUT2D eigenvalue weighted by molar-refractivity contribution is 5.36. The first-order valence-electron chi connectivity index (χ1n) is 17.0. The normalized spacial score (nSPS) is 18.9. The van der Waals surface area contributed by atoms with E-state index in [1.54, 1.807) is 0 Å². The van der Waals surface area contributed by atoms with E-state index in [9.17, 15) is 124 Å². The van der Waals surface area contributed by atoms with Crippen LogP contribution in [0.1, 0.15) is 18.1 Å². The molecule has 2 aromatic rings. The topological polar surface area (TPSA) is 98.5 Å². The van der Waals surface area contributed by atoms with Crippen LogP contribution in [-0.4, -0.2) is 116 Å². The van der Waals surface area contributed by atoms with Gasteiger partial charge in [0.2, 0.25) is 6.54 Å². The Morgan fingerprint density at radius 2 is 0.754 bits per heavy atom. The van der Waals surface area contributed by atoms with Crippen LogP contribution in [-0.2, 0) is 34.0 Å². The van der Waals surface area contributed by atoms with Crippen molar-refractivity contribution in [3.63, 3.8) is 0 Å². The summed E-state index contributed by atoms with van der Waals surface area (Å²) in [6, 6.07) is 12.2. The van der Waals surface area contributed by atoms with E-state index in [2.05, 4.69) is 4.74 Å². The van der Waals surface area contributed by atoms with E-state index in [4.69, 9.17) is 4.74 Å². The molecule has 0 aliphatic rings. The van der Waals surface area contributed by atoms with Crippen LogP contribution in [0.5, 0.6) is 0 Å². The van der Waals surface area contributed by atoms with Crippen LogP contribution in [0.4, 0.5) is 123 Å². The Bertz CT molecular complexity index is 1990. The molecule has 0 N–H and O–H groups in total. The lowest BCUT2D eigenvalue weighted by atomic mass is 9.86. The van der Waals surface area contributed by atoms with E-state index in [1.807, 2.05) is 4.74 Å². The molecule has 5 atom stereocenters. The number of hydrogen-bond donors (Lipinski definition) is 0. The second kappa shape index (κ2) is 19.0. The molecule has 0 saturated carbocycles. The maximum Gasteiger partial charge on any atom is 0.458 e. The summed E-state index contributed by atoms with van der Waals surface area (Å²) in [6.45, 7) is -9.49. The maximum absolute atomic E-state index is 15.1. The van der Waals surface area contributed by atoms with Crippen LogP contribution in [0.2, 0.25) is 0 Å². The molecular formula is C32H21F28NO8. The number of ether oxygens (including phenoxy) is 6. The van der Waals surface area contributed by atoms with Gasteiger partial charge in [-0.15, -0.1) is 0 Å². The van der Waals surface area contributed by atoms with Crippen LogP contribution in [0.15, 0.2) is 60.7 Å². The minimum Gasteiger partial charge on any atom is -0.373 e. The lowest BCUT2D eigenvalue weighted by Gasteiger charge is -2.44. The summed E-state index contributed by atoms with van der Waals surface area (Å²) < 4.78 is 405. The molecule has 0 aliphatic heterocycles. The first kappa shape index (κ1) is 60.8. The summed E-state index contributed by atoms with van der Waals surface area (Å²) >= 11 is 0. The molecule has 2 rings (SSSR count). The zero-order chi connectivity index (χ0) is 54.4. The average Bonchev–Trinajstić information content (AvgIpc) is 3.14. The number of hydrogen-bond acceptors (Lipinski definition) is 8. The molecule has 37 heteroatoms. The van der Waals surface area contributed by atoms with Gasteiger partial charge in [-0.2, -0.15) is 119 Å². The Kier molecular flexibility index (Phi) is 16.7. The Morgan fingerprint density at radius 1 is 0.435 bits per heavy atom. The highest BCUT2D eigenvalue weighted by atomic mass is 19.4. The van der Waals surface area contributed by atoms with Crippen LogP contribution in [0, 0.1) is 10.1 Å². The van der Waals surface area contributed by atoms with Gasteiger partial charge in [-0.25, -0.2) is 4.39 Å². The number of rotatable bonds is 22. The molecule has 9 nitrogen and oxygen atoms in total. The maximum atomic E-state index is 15.1. The molecule has 5 unspecified atom stereocenters. The molecule has 0 bridgehead atoms. The monoisotopic (exact) mass is 1080 g/mol. The molecule has 0 aromatic heterocycles. The van der Waals surface area contributed by atoms with Crippen molar-refractivity contribution in [2.75, 3.05) is 26.4 Å². The highest BCUT2D eigenvalue weighted by Gasteiger charge is 2.89. The third kappa shape index (κ3) is 11.7. The van der Waals surface area contributed by atoms with Gasteiger partial charge in [0.05, 0.1) is 13.2 Å². The summed E-state index contributed by atoms with van der Waals surface area (Å²) in [6.07, 6.45) is -75.4. The molecule has 69 heavy (non-hydrogen) atoms. The van der Waals surface area contributed by atoms with Crippen molar-refractivity contribution < 1.29 is 156 Å². The van der Waals surface area contributed by atoms with E-state index in [1.165, 1.54) is 45.9 Å². The van der Waals surface area contributed by atoms with Crippen LogP contribution >= 0.6 is 0 Å². The average molecular weight is 1080 g/mol. The number of nitrogens with zero attached hydrogens (tertiary/aromatic N) is 1. The van der Waals surface area contributed by atoms with Crippen molar-refractivity contribution in [1.82, 2.24) is 0 Å². The van der Waals surface area contributed by atoms with Gasteiger partial charge >= 0.3 is 78.7 Å². The van der Waals surface area contributed by atoms with E-state index >= 15 is 8.78 Å². The predicted molar refractivity (Wildman–Crippen MR) is 162 cm³/mol. The van der Waals surface area contributed by atoms with E-state index < -0.39 is 128 Å². The molecule has 0 fully saturated rings. The van der Waals surface area contributed by atoms with Gasteiger partial charge in [-0.05, 0) is 18.1 Å². The first-order valence-corrected chi connectivity index (χ1v) is 17.0. The quantitative estimate of drug-likeness (QED) is 0.0498. The van der Waals surface area contributed by atoms with Gasteiger partial charge in [0.15, 0.2) is 5.60 Å². The van der Waals surface area contributed by atoms with E-state index in [0.29, 0.717) is 0 Å². The van der Waals surface area contributed by atoms with E-state index in [0.717, 1.165) is 29.0 Å². The zero-order valence-corrected chi connectivity index (χ0v) is 32.4. The Hall–Kier alpha value is -4.36. The van der Waals surface area contributed by atoms with Gasteiger partial charge in [0.25, 0.3) is 5.67 Å². The second-order valence-electron chi connectivity index (χ2n) is 13.4. The summed E-state index contributed by atoms with van der Waals surface area (Å²) in [5.41, 5.74) is -9.54. The molecule has 0 radical (unpaired) electrons. The van der Waals surface area contributed by atoms with Crippen molar-refractivity contribution in [3.05, 3.63) is 81.9 Å². The van der Waals surface area contributed by atoms with Crippen molar-refractivity contribution in [3.8, 4) is 0 Å². The summed E-state index contributed by atoms with van der Waals surface area (Å²) in [4.78, 5) is 10.6. The van der Waals surface area contributed by atoms with Gasteiger partial charge in [0, 0.05) is 4.92 Å². The fourth-order valence-electron chi connectivity index (χ4n) is 4.84. The summed E-state index contributed by atoms with van der Waals surface area (Å²) in [5.74, 6) is -33.7. The summed E-state index contributed by atoms with van der Waals surface area (Å²) in [5, 5.41) is 11.6. The molecule has 0 amide bonds. The number of nitro groups is 1. The lowest BCUT2D eigenvalue weighted by Crippen LogP contribution is -2.72. The molecule has 0 heterocycles. The largest absolute Gasteiger partial charge is 0.458 e. The highest BCUT2D eigenvalue weighted by Crippen LogP contribution is 2.61. The Labute approximate surface area is 362 Å². The van der Waals surface area contributed by atoms with Gasteiger partial charge < -0.3 is 9.47 Å². The van der Waals surface area contributed by atoms with Crippen LogP contribution in [0.3, 0.4) is 0 Å². The van der Waals surface area contributed by atoms with Crippen LogP contribution in [0.25, 0.3) is 0 Å². The third-order valence-corrected chi connectivity index (χ3v) is 8.51. The van der Waals surface area contributed by atoms with Gasteiger partial charge in [0.1, 0.15) is 6.61 Å². The van der Waals surface area contributed by atoms with Gasteiger partial charge in [-0.1, -0.05) is 60.7 Å².